The Morgan fingerprint density at radius 3 is 2.89 bits per heavy atom. The highest BCUT2D eigenvalue weighted by Crippen LogP contribution is 2.12. The number of anilines is 2. The first-order valence-corrected chi connectivity index (χ1v) is 5.36. The zero-order chi connectivity index (χ0) is 13.1. The number of halogens is 1. The second kappa shape index (κ2) is 4.82. The number of nitrogens with two attached hydrogens (primary N) is 1. The molecule has 0 aliphatic rings. The van der Waals surface area contributed by atoms with Crippen molar-refractivity contribution in [1.82, 2.24) is 14.8 Å². The zero-order valence-electron chi connectivity index (χ0n) is 9.72. The van der Waals surface area contributed by atoms with E-state index in [0.29, 0.717) is 17.9 Å². The van der Waals surface area contributed by atoms with Crippen molar-refractivity contribution in [1.29, 1.82) is 0 Å². The number of aromatic nitrogens is 3. The second-order valence-corrected chi connectivity index (χ2v) is 3.61. The number of nitrogens with one attached hydrogen (secondary N) is 1. The predicted molar refractivity (Wildman–Crippen MR) is 64.5 cm³/mol. The number of nitrogens with zero attached hydrogens (tertiary/aromatic N) is 3. The van der Waals surface area contributed by atoms with Gasteiger partial charge in [0.1, 0.15) is 0 Å². The zero-order valence-corrected chi connectivity index (χ0v) is 9.72. The van der Waals surface area contributed by atoms with Crippen LogP contribution in [-0.2, 0) is 6.54 Å². The molecule has 0 unspecified atom stereocenters. The summed E-state index contributed by atoms with van der Waals surface area (Å²) in [7, 11) is 0. The minimum absolute atomic E-state index is 0.140. The van der Waals surface area contributed by atoms with Crippen molar-refractivity contribution in [3.05, 3.63) is 36.2 Å². The molecule has 0 aromatic carbocycles. The van der Waals surface area contributed by atoms with Gasteiger partial charge in [-0.2, -0.15) is 9.49 Å². The van der Waals surface area contributed by atoms with Gasteiger partial charge in [-0.3, -0.25) is 9.48 Å². The summed E-state index contributed by atoms with van der Waals surface area (Å²) in [6, 6.07) is 2.57. The third-order valence-electron chi connectivity index (χ3n) is 2.31. The first-order chi connectivity index (χ1) is 8.60. The molecule has 2 rings (SSSR count). The Kier molecular flexibility index (Phi) is 3.22. The Morgan fingerprint density at radius 2 is 2.33 bits per heavy atom. The largest absolute Gasteiger partial charge is 0.396 e. The van der Waals surface area contributed by atoms with Crippen molar-refractivity contribution < 1.29 is 9.18 Å². The number of pyridine rings is 1. The monoisotopic (exact) mass is 249 g/mol. The van der Waals surface area contributed by atoms with Crippen LogP contribution in [0.2, 0.25) is 0 Å². The van der Waals surface area contributed by atoms with E-state index >= 15 is 0 Å². The molecule has 2 aromatic heterocycles. The lowest BCUT2D eigenvalue weighted by Crippen LogP contribution is -2.15. The molecule has 0 saturated heterocycles. The van der Waals surface area contributed by atoms with E-state index in [1.807, 2.05) is 6.92 Å². The van der Waals surface area contributed by atoms with Crippen LogP contribution in [0.3, 0.4) is 0 Å². The Morgan fingerprint density at radius 1 is 1.56 bits per heavy atom. The van der Waals surface area contributed by atoms with E-state index in [-0.39, 0.29) is 5.69 Å². The number of hydrogen-bond acceptors (Lipinski definition) is 4. The summed E-state index contributed by atoms with van der Waals surface area (Å²) in [5.74, 6) is -1.06. The van der Waals surface area contributed by atoms with E-state index in [1.165, 1.54) is 12.3 Å². The van der Waals surface area contributed by atoms with E-state index in [1.54, 1.807) is 10.9 Å². The quantitative estimate of drug-likeness (QED) is 0.802. The summed E-state index contributed by atoms with van der Waals surface area (Å²) < 4.78 is 14.2. The summed E-state index contributed by atoms with van der Waals surface area (Å²) in [4.78, 5) is 15.3. The van der Waals surface area contributed by atoms with Crippen LogP contribution in [0.15, 0.2) is 24.5 Å². The molecule has 6 nitrogen and oxygen atoms in total. The number of nitrogen functional groups attached to an aromatic ring is 1. The molecule has 0 atom stereocenters. The van der Waals surface area contributed by atoms with Gasteiger partial charge in [0.25, 0.3) is 5.91 Å². The fourth-order valence-corrected chi connectivity index (χ4v) is 1.42. The SMILES string of the molecule is CCn1cc(N)c(C(=O)Nc2ccc(F)nc2)n1. The molecular formula is C11H12FN5O. The molecule has 18 heavy (non-hydrogen) atoms. The minimum Gasteiger partial charge on any atom is -0.396 e. The third-order valence-corrected chi connectivity index (χ3v) is 2.31. The molecule has 0 radical (unpaired) electrons. The maximum absolute atomic E-state index is 12.6. The first-order valence-electron chi connectivity index (χ1n) is 5.36. The van der Waals surface area contributed by atoms with Crippen LogP contribution in [-0.4, -0.2) is 20.7 Å². The maximum Gasteiger partial charge on any atom is 0.278 e. The van der Waals surface area contributed by atoms with Crippen molar-refractivity contribution in [3.8, 4) is 0 Å². The molecule has 0 bridgehead atoms. The molecule has 0 spiro atoms. The number of amides is 1. The standard InChI is InChI=1S/C11H12FN5O/c1-2-17-6-8(13)10(16-17)11(18)15-7-3-4-9(12)14-5-7/h3-6H,2,13H2,1H3,(H,15,18). The van der Waals surface area contributed by atoms with Gasteiger partial charge in [0, 0.05) is 12.7 Å². The van der Waals surface area contributed by atoms with Crippen LogP contribution >= 0.6 is 0 Å². The lowest BCUT2D eigenvalue weighted by Gasteiger charge is -2.02. The second-order valence-electron chi connectivity index (χ2n) is 3.61. The molecule has 7 heteroatoms. The van der Waals surface area contributed by atoms with E-state index in [4.69, 9.17) is 5.73 Å². The number of carbonyl (C=O) groups excluding carboxylic acids is 1. The van der Waals surface area contributed by atoms with Gasteiger partial charge in [-0.1, -0.05) is 0 Å². The Balaban J connectivity index is 2.16. The fraction of sp³-hybridized carbons (Fsp3) is 0.182. The van der Waals surface area contributed by atoms with Gasteiger partial charge in [-0.15, -0.1) is 0 Å². The van der Waals surface area contributed by atoms with Crippen LogP contribution < -0.4 is 11.1 Å². The first kappa shape index (κ1) is 12.0. The number of carbonyl (C=O) groups is 1. The van der Waals surface area contributed by atoms with Crippen LogP contribution in [0.5, 0.6) is 0 Å². The highest BCUT2D eigenvalue weighted by molar-refractivity contribution is 6.06. The van der Waals surface area contributed by atoms with E-state index in [2.05, 4.69) is 15.4 Å². The average Bonchev–Trinajstić information content (AvgIpc) is 2.73. The minimum atomic E-state index is -0.609. The molecule has 1 amide bonds. The van der Waals surface area contributed by atoms with Crippen LogP contribution in [0.1, 0.15) is 17.4 Å². The van der Waals surface area contributed by atoms with Crippen molar-refractivity contribution in [2.45, 2.75) is 13.5 Å². The fourth-order valence-electron chi connectivity index (χ4n) is 1.42. The average molecular weight is 249 g/mol. The molecule has 0 saturated carbocycles. The third kappa shape index (κ3) is 2.45. The molecule has 0 aliphatic heterocycles. The van der Waals surface area contributed by atoms with Crippen molar-refractivity contribution in [2.75, 3.05) is 11.1 Å². The van der Waals surface area contributed by atoms with E-state index < -0.39 is 11.9 Å². The highest BCUT2D eigenvalue weighted by atomic mass is 19.1. The van der Waals surface area contributed by atoms with Gasteiger partial charge >= 0.3 is 0 Å². The number of aryl methyl sites for hydroxylation is 1. The summed E-state index contributed by atoms with van der Waals surface area (Å²) in [5.41, 5.74) is 6.49. The Hall–Kier alpha value is -2.44. The Bertz CT molecular complexity index is 563. The van der Waals surface area contributed by atoms with Crippen LogP contribution in [0, 0.1) is 5.95 Å². The number of rotatable bonds is 3. The van der Waals surface area contributed by atoms with Crippen LogP contribution in [0.25, 0.3) is 0 Å². The smallest absolute Gasteiger partial charge is 0.278 e. The molecule has 0 fully saturated rings. The van der Waals surface area contributed by atoms with Gasteiger partial charge in [0.15, 0.2) is 5.69 Å². The van der Waals surface area contributed by atoms with Gasteiger partial charge in [0.05, 0.1) is 17.6 Å². The summed E-state index contributed by atoms with van der Waals surface area (Å²) in [6.45, 7) is 2.51. The lowest BCUT2D eigenvalue weighted by molar-refractivity contribution is 0.102. The molecule has 3 N–H and O–H groups in total. The lowest BCUT2D eigenvalue weighted by atomic mass is 10.3. The van der Waals surface area contributed by atoms with Crippen molar-refractivity contribution in [2.24, 2.45) is 0 Å². The normalized spacial score (nSPS) is 10.3. The van der Waals surface area contributed by atoms with Crippen molar-refractivity contribution in [3.63, 3.8) is 0 Å². The molecular weight excluding hydrogens is 237 g/mol. The van der Waals surface area contributed by atoms with Gasteiger partial charge in [0.2, 0.25) is 5.95 Å². The van der Waals surface area contributed by atoms with Gasteiger partial charge in [-0.25, -0.2) is 4.98 Å². The van der Waals surface area contributed by atoms with Gasteiger partial charge < -0.3 is 11.1 Å². The highest BCUT2D eigenvalue weighted by Gasteiger charge is 2.14. The van der Waals surface area contributed by atoms with E-state index in [9.17, 15) is 9.18 Å². The molecule has 94 valence electrons. The molecule has 0 aliphatic carbocycles. The summed E-state index contributed by atoms with van der Waals surface area (Å²) in [5, 5.41) is 6.57. The van der Waals surface area contributed by atoms with Crippen LogP contribution in [0.4, 0.5) is 15.8 Å². The molecule has 2 aromatic rings. The summed E-state index contributed by atoms with van der Waals surface area (Å²) in [6.07, 6.45) is 2.80. The van der Waals surface area contributed by atoms with E-state index in [0.717, 1.165) is 6.07 Å². The number of hydrogen-bond donors (Lipinski definition) is 2. The topological polar surface area (TPSA) is 85.8 Å². The maximum atomic E-state index is 12.6. The summed E-state index contributed by atoms with van der Waals surface area (Å²) >= 11 is 0. The predicted octanol–water partition coefficient (Wildman–Crippen LogP) is 1.27. The molecule has 2 heterocycles. The van der Waals surface area contributed by atoms with Gasteiger partial charge in [-0.05, 0) is 19.1 Å². The Labute approximate surface area is 103 Å². The van der Waals surface area contributed by atoms with Crippen molar-refractivity contribution >= 4 is 17.3 Å².